The van der Waals surface area contributed by atoms with Crippen LogP contribution in [0.4, 0.5) is 0 Å². The normalized spacial score (nSPS) is 11.2. The summed E-state index contributed by atoms with van der Waals surface area (Å²) in [5.74, 6) is 0.430. The molecule has 0 aromatic heterocycles. The van der Waals surface area contributed by atoms with Crippen molar-refractivity contribution in [1.82, 2.24) is 0 Å². The second-order valence-electron chi connectivity index (χ2n) is 13.1. The SMILES string of the molecule is CCCCCCCCCCCCCCCCCCCCCCCCCCCCCCCCOc1cccc(C(=O)OC)c1. The van der Waals surface area contributed by atoms with E-state index in [9.17, 15) is 4.79 Å². The fraction of sp³-hybridized carbons (Fsp3) is 0.825. The van der Waals surface area contributed by atoms with Crippen molar-refractivity contribution in [3.05, 3.63) is 29.8 Å². The molecule has 0 saturated carbocycles. The highest BCUT2D eigenvalue weighted by molar-refractivity contribution is 5.89. The van der Waals surface area contributed by atoms with E-state index < -0.39 is 0 Å². The molecule has 0 bridgehead atoms. The summed E-state index contributed by atoms with van der Waals surface area (Å²) in [5, 5.41) is 0. The Morgan fingerprint density at radius 2 is 0.814 bits per heavy atom. The van der Waals surface area contributed by atoms with Crippen LogP contribution in [0.25, 0.3) is 0 Å². The zero-order valence-corrected chi connectivity index (χ0v) is 29.0. The lowest BCUT2D eigenvalue weighted by molar-refractivity contribution is 0.0600. The Morgan fingerprint density at radius 3 is 1.14 bits per heavy atom. The van der Waals surface area contributed by atoms with Crippen LogP contribution in [0.15, 0.2) is 24.3 Å². The minimum atomic E-state index is -0.318. The van der Waals surface area contributed by atoms with Crippen LogP contribution >= 0.6 is 0 Å². The third-order valence-corrected chi connectivity index (χ3v) is 9.02. The van der Waals surface area contributed by atoms with Crippen molar-refractivity contribution >= 4 is 5.97 Å². The molecule has 0 aliphatic carbocycles. The van der Waals surface area contributed by atoms with Gasteiger partial charge in [0.1, 0.15) is 5.75 Å². The zero-order valence-electron chi connectivity index (χ0n) is 29.0. The number of rotatable bonds is 33. The fourth-order valence-electron chi connectivity index (χ4n) is 6.15. The predicted octanol–water partition coefficient (Wildman–Crippen LogP) is 13.6. The second-order valence-corrected chi connectivity index (χ2v) is 13.1. The molecule has 0 N–H and O–H groups in total. The van der Waals surface area contributed by atoms with Crippen LogP contribution < -0.4 is 4.74 Å². The molecule has 1 aromatic carbocycles. The van der Waals surface area contributed by atoms with E-state index in [0.717, 1.165) is 12.2 Å². The van der Waals surface area contributed by atoms with Crippen molar-refractivity contribution in [2.24, 2.45) is 0 Å². The summed E-state index contributed by atoms with van der Waals surface area (Å²) >= 11 is 0. The van der Waals surface area contributed by atoms with Crippen molar-refractivity contribution in [2.75, 3.05) is 13.7 Å². The molecule has 0 aliphatic rings. The topological polar surface area (TPSA) is 35.5 Å². The van der Waals surface area contributed by atoms with Crippen LogP contribution in [-0.2, 0) is 4.74 Å². The van der Waals surface area contributed by atoms with Gasteiger partial charge < -0.3 is 9.47 Å². The molecule has 0 saturated heterocycles. The minimum absolute atomic E-state index is 0.318. The number of benzene rings is 1. The van der Waals surface area contributed by atoms with E-state index in [1.54, 1.807) is 12.1 Å². The highest BCUT2D eigenvalue weighted by atomic mass is 16.5. The molecule has 0 amide bonds. The Hall–Kier alpha value is -1.51. The summed E-state index contributed by atoms with van der Waals surface area (Å²) in [7, 11) is 1.40. The van der Waals surface area contributed by atoms with Gasteiger partial charge in [0.25, 0.3) is 0 Å². The van der Waals surface area contributed by atoms with Crippen LogP contribution in [0.3, 0.4) is 0 Å². The monoisotopic (exact) mass is 601 g/mol. The number of hydrogen-bond acceptors (Lipinski definition) is 3. The fourth-order valence-corrected chi connectivity index (χ4v) is 6.15. The lowest BCUT2D eigenvalue weighted by Gasteiger charge is -2.07. The molecule has 3 heteroatoms. The molecule has 0 atom stereocenters. The smallest absolute Gasteiger partial charge is 0.337 e. The number of esters is 1. The maximum Gasteiger partial charge on any atom is 0.337 e. The first-order chi connectivity index (χ1) is 21.3. The van der Waals surface area contributed by atoms with E-state index in [1.807, 2.05) is 12.1 Å². The minimum Gasteiger partial charge on any atom is -0.494 e. The van der Waals surface area contributed by atoms with E-state index in [0.29, 0.717) is 12.2 Å². The van der Waals surface area contributed by atoms with Gasteiger partial charge in [-0.1, -0.05) is 199 Å². The van der Waals surface area contributed by atoms with Gasteiger partial charge in [0, 0.05) is 0 Å². The summed E-state index contributed by atoms with van der Waals surface area (Å²) in [4.78, 5) is 11.6. The van der Waals surface area contributed by atoms with Gasteiger partial charge >= 0.3 is 5.97 Å². The number of methoxy groups -OCH3 is 1. The van der Waals surface area contributed by atoms with Crippen molar-refractivity contribution in [3.63, 3.8) is 0 Å². The van der Waals surface area contributed by atoms with E-state index >= 15 is 0 Å². The van der Waals surface area contributed by atoms with E-state index in [2.05, 4.69) is 6.92 Å². The van der Waals surface area contributed by atoms with Crippen LogP contribution in [0, 0.1) is 0 Å². The standard InChI is InChI=1S/C40H72O3/c1-3-4-5-6-7-8-9-10-11-12-13-14-15-16-17-18-19-20-21-22-23-24-25-26-27-28-29-30-31-32-36-43-39-35-33-34-38(37-39)40(41)42-2/h33-35,37H,3-32,36H2,1-2H3. The zero-order chi connectivity index (χ0) is 30.9. The Morgan fingerprint density at radius 1 is 0.488 bits per heavy atom. The Kier molecular flexibility index (Phi) is 29.3. The molecule has 0 unspecified atom stereocenters. The third kappa shape index (κ3) is 26.6. The largest absolute Gasteiger partial charge is 0.494 e. The number of ether oxygens (including phenoxy) is 2. The molecule has 0 fully saturated rings. The molecule has 3 nitrogen and oxygen atoms in total. The maximum atomic E-state index is 11.6. The van der Waals surface area contributed by atoms with Crippen molar-refractivity contribution in [3.8, 4) is 5.75 Å². The van der Waals surface area contributed by atoms with Crippen molar-refractivity contribution in [2.45, 2.75) is 200 Å². The van der Waals surface area contributed by atoms with Crippen LogP contribution in [0.1, 0.15) is 210 Å². The summed E-state index contributed by atoms with van der Waals surface area (Å²) in [6.07, 6.45) is 42.7. The summed E-state index contributed by atoms with van der Waals surface area (Å²) in [6.45, 7) is 3.01. The summed E-state index contributed by atoms with van der Waals surface area (Å²) in [5.41, 5.74) is 0.542. The molecule has 250 valence electrons. The average Bonchev–Trinajstić information content (AvgIpc) is 3.03. The van der Waals surface area contributed by atoms with E-state index in [1.165, 1.54) is 193 Å². The molecule has 0 heterocycles. The van der Waals surface area contributed by atoms with Crippen LogP contribution in [0.2, 0.25) is 0 Å². The Labute approximate surface area is 268 Å². The summed E-state index contributed by atoms with van der Waals surface area (Å²) < 4.78 is 10.6. The average molecular weight is 601 g/mol. The lowest BCUT2D eigenvalue weighted by atomic mass is 10.0. The molecule has 1 aromatic rings. The summed E-state index contributed by atoms with van der Waals surface area (Å²) in [6, 6.07) is 7.25. The number of carbonyl (C=O) groups is 1. The molecule has 0 spiro atoms. The Bertz CT molecular complexity index is 715. The van der Waals surface area contributed by atoms with Gasteiger partial charge in [0.15, 0.2) is 0 Å². The first-order valence-corrected chi connectivity index (χ1v) is 19.1. The molecule has 0 radical (unpaired) electrons. The first-order valence-electron chi connectivity index (χ1n) is 19.1. The van der Waals surface area contributed by atoms with Gasteiger partial charge in [0.2, 0.25) is 0 Å². The van der Waals surface area contributed by atoms with Crippen LogP contribution in [0.5, 0.6) is 5.75 Å². The lowest BCUT2D eigenvalue weighted by Crippen LogP contribution is -2.02. The molecule has 0 aliphatic heterocycles. The first kappa shape index (κ1) is 39.5. The van der Waals surface area contributed by atoms with Gasteiger partial charge in [-0.15, -0.1) is 0 Å². The second kappa shape index (κ2) is 31.9. The van der Waals surface area contributed by atoms with Gasteiger partial charge in [-0.3, -0.25) is 0 Å². The van der Waals surface area contributed by atoms with Gasteiger partial charge in [-0.25, -0.2) is 4.79 Å². The molecular formula is C40H72O3. The highest BCUT2D eigenvalue weighted by Crippen LogP contribution is 2.18. The third-order valence-electron chi connectivity index (χ3n) is 9.02. The molecule has 43 heavy (non-hydrogen) atoms. The van der Waals surface area contributed by atoms with Gasteiger partial charge in [0.05, 0.1) is 19.3 Å². The number of carbonyl (C=O) groups excluding carboxylic acids is 1. The van der Waals surface area contributed by atoms with Gasteiger partial charge in [-0.05, 0) is 24.6 Å². The van der Waals surface area contributed by atoms with Crippen molar-refractivity contribution in [1.29, 1.82) is 0 Å². The van der Waals surface area contributed by atoms with Gasteiger partial charge in [-0.2, -0.15) is 0 Å². The van der Waals surface area contributed by atoms with E-state index in [4.69, 9.17) is 9.47 Å². The van der Waals surface area contributed by atoms with Crippen LogP contribution in [-0.4, -0.2) is 19.7 Å². The predicted molar refractivity (Wildman–Crippen MR) is 187 cm³/mol. The molecule has 1 rings (SSSR count). The maximum absolute atomic E-state index is 11.6. The number of unbranched alkanes of at least 4 members (excludes halogenated alkanes) is 29. The highest BCUT2D eigenvalue weighted by Gasteiger charge is 2.06. The van der Waals surface area contributed by atoms with Crippen molar-refractivity contribution < 1.29 is 14.3 Å². The Balaban J connectivity index is 1.69. The van der Waals surface area contributed by atoms with E-state index in [-0.39, 0.29) is 5.97 Å². The molecular weight excluding hydrogens is 528 g/mol. The quantitative estimate of drug-likeness (QED) is 0.0594. The number of hydrogen-bond donors (Lipinski definition) is 0.